The van der Waals surface area contributed by atoms with Gasteiger partial charge in [-0.15, -0.1) is 0 Å². The van der Waals surface area contributed by atoms with Crippen LogP contribution in [0.2, 0.25) is 0 Å². The Balaban J connectivity index is 1.73. The second kappa shape index (κ2) is 5.51. The van der Waals surface area contributed by atoms with Gasteiger partial charge in [-0.25, -0.2) is 0 Å². The van der Waals surface area contributed by atoms with E-state index in [-0.39, 0.29) is 0 Å². The molecule has 1 heterocycles. The van der Waals surface area contributed by atoms with Crippen LogP contribution in [-0.4, -0.2) is 16.3 Å². The van der Waals surface area contributed by atoms with Gasteiger partial charge in [-0.05, 0) is 37.5 Å². The minimum Gasteiger partial charge on any atom is -0.487 e. The highest BCUT2D eigenvalue weighted by atomic mass is 28.1. The average molecular weight is 264 g/mol. The molecular formula is C15H24O2Si. The lowest BCUT2D eigenvalue weighted by molar-refractivity contribution is 0.0794. The van der Waals surface area contributed by atoms with Gasteiger partial charge in [-0.1, -0.05) is 25.7 Å². The molecule has 2 fully saturated rings. The Morgan fingerprint density at radius 3 is 2.06 bits per heavy atom. The fraction of sp³-hybridized carbons (Fsp3) is 0.733. The number of rotatable bonds is 4. The monoisotopic (exact) mass is 264 g/mol. The first kappa shape index (κ1) is 12.3. The van der Waals surface area contributed by atoms with Gasteiger partial charge in [0, 0.05) is 6.07 Å². The second-order valence-corrected chi connectivity index (χ2v) is 6.92. The lowest BCUT2D eigenvalue weighted by atomic mass is 9.88. The Morgan fingerprint density at radius 1 is 1.06 bits per heavy atom. The minimum absolute atomic E-state index is 0.459. The van der Waals surface area contributed by atoms with E-state index in [4.69, 9.17) is 9.15 Å². The highest BCUT2D eigenvalue weighted by Crippen LogP contribution is 2.39. The summed E-state index contributed by atoms with van der Waals surface area (Å²) in [4.78, 5) is 0. The molecule has 0 atom stereocenters. The van der Waals surface area contributed by atoms with Crippen LogP contribution in [0.4, 0.5) is 0 Å². The van der Waals surface area contributed by atoms with Crippen LogP contribution in [0.1, 0.15) is 51.4 Å². The summed E-state index contributed by atoms with van der Waals surface area (Å²) in [5.74, 6) is 2.62. The summed E-state index contributed by atoms with van der Waals surface area (Å²) in [6.07, 6.45) is 13.3. The lowest BCUT2D eigenvalue weighted by Crippen LogP contribution is -2.33. The summed E-state index contributed by atoms with van der Waals surface area (Å²) >= 11 is 0. The molecule has 0 aromatic carbocycles. The summed E-state index contributed by atoms with van der Waals surface area (Å²) in [5, 5.41) is 1.07. The third-order valence-electron chi connectivity index (χ3n) is 4.80. The molecule has 2 aliphatic rings. The Bertz CT molecular complexity index is 360. The zero-order chi connectivity index (χ0) is 12.4. The first-order valence-electron chi connectivity index (χ1n) is 7.55. The molecule has 0 saturated heterocycles. The van der Waals surface area contributed by atoms with Gasteiger partial charge in [0.1, 0.15) is 11.5 Å². The Morgan fingerprint density at radius 2 is 1.61 bits per heavy atom. The van der Waals surface area contributed by atoms with Crippen LogP contribution in [-0.2, 0) is 0 Å². The number of ether oxygens (including phenoxy) is 1. The van der Waals surface area contributed by atoms with Crippen LogP contribution in [0, 0.1) is 11.8 Å². The van der Waals surface area contributed by atoms with E-state index in [1.807, 2.05) is 6.07 Å². The molecule has 0 bridgehead atoms. The Hall–Kier alpha value is -0.703. The van der Waals surface area contributed by atoms with Crippen molar-refractivity contribution >= 4 is 15.6 Å². The molecule has 0 spiro atoms. The molecule has 0 N–H and O–H groups in total. The summed E-state index contributed by atoms with van der Waals surface area (Å²) < 4.78 is 11.8. The summed E-state index contributed by atoms with van der Waals surface area (Å²) in [5.41, 5.74) is 0. The summed E-state index contributed by atoms with van der Waals surface area (Å²) in [7, 11) is 0.940. The van der Waals surface area contributed by atoms with E-state index in [9.17, 15) is 0 Å². The molecule has 2 saturated carbocycles. The van der Waals surface area contributed by atoms with Gasteiger partial charge in [0.05, 0.1) is 16.5 Å². The highest BCUT2D eigenvalue weighted by Gasteiger charge is 2.35. The average Bonchev–Trinajstić information content (AvgIpc) is 3.09. The predicted molar refractivity (Wildman–Crippen MR) is 76.6 cm³/mol. The molecule has 100 valence electrons. The quantitative estimate of drug-likeness (QED) is 0.779. The van der Waals surface area contributed by atoms with Gasteiger partial charge in [-0.2, -0.15) is 0 Å². The van der Waals surface area contributed by atoms with Crippen LogP contribution >= 0.6 is 0 Å². The molecule has 0 unspecified atom stereocenters. The van der Waals surface area contributed by atoms with Crippen molar-refractivity contribution in [2.45, 2.75) is 57.5 Å². The van der Waals surface area contributed by atoms with Crippen LogP contribution in [0.5, 0.6) is 5.75 Å². The van der Waals surface area contributed by atoms with Gasteiger partial charge in [-0.3, -0.25) is 0 Å². The van der Waals surface area contributed by atoms with Gasteiger partial charge >= 0.3 is 0 Å². The molecule has 0 aliphatic heterocycles. The largest absolute Gasteiger partial charge is 0.487 e. The Labute approximate surface area is 113 Å². The predicted octanol–water partition coefficient (Wildman–Crippen LogP) is 2.40. The topological polar surface area (TPSA) is 22.4 Å². The number of hydrogen-bond donors (Lipinski definition) is 0. The van der Waals surface area contributed by atoms with Crippen molar-refractivity contribution in [3.8, 4) is 5.75 Å². The fourth-order valence-electron chi connectivity index (χ4n) is 3.79. The van der Waals surface area contributed by atoms with Crippen molar-refractivity contribution in [2.75, 3.05) is 0 Å². The van der Waals surface area contributed by atoms with E-state index < -0.39 is 0 Å². The number of furan rings is 1. The highest BCUT2D eigenvalue weighted by molar-refractivity contribution is 6.31. The second-order valence-electron chi connectivity index (χ2n) is 6.01. The molecule has 2 nitrogen and oxygen atoms in total. The van der Waals surface area contributed by atoms with Crippen LogP contribution in [0.15, 0.2) is 16.7 Å². The lowest BCUT2D eigenvalue weighted by Gasteiger charge is -2.29. The summed E-state index contributed by atoms with van der Waals surface area (Å²) in [6.45, 7) is 0. The molecule has 1 aromatic heterocycles. The van der Waals surface area contributed by atoms with E-state index in [1.54, 1.807) is 6.26 Å². The van der Waals surface area contributed by atoms with Crippen LogP contribution < -0.4 is 10.1 Å². The third kappa shape index (κ3) is 2.51. The van der Waals surface area contributed by atoms with Crippen LogP contribution in [0.3, 0.4) is 0 Å². The standard InChI is InChI=1S/C15H24O2Si/c18-15-13(9-10-16-15)17-14(11-5-1-2-6-11)12-7-3-4-8-12/h9-12,14H,1-8H2,18H3. The van der Waals surface area contributed by atoms with Gasteiger partial charge in [0.15, 0.2) is 5.75 Å². The van der Waals surface area contributed by atoms with Gasteiger partial charge in [0.25, 0.3) is 0 Å². The van der Waals surface area contributed by atoms with Crippen molar-refractivity contribution in [2.24, 2.45) is 11.8 Å². The maximum atomic E-state index is 6.39. The third-order valence-corrected chi connectivity index (χ3v) is 5.53. The normalized spacial score (nSPS) is 22.3. The van der Waals surface area contributed by atoms with Crippen molar-refractivity contribution in [3.05, 3.63) is 12.3 Å². The number of hydrogen-bond acceptors (Lipinski definition) is 2. The smallest absolute Gasteiger partial charge is 0.154 e. The minimum atomic E-state index is 0.459. The maximum absolute atomic E-state index is 6.39. The molecule has 0 radical (unpaired) electrons. The first-order valence-corrected chi connectivity index (χ1v) is 8.55. The van der Waals surface area contributed by atoms with Gasteiger partial charge < -0.3 is 9.15 Å². The first-order chi connectivity index (χ1) is 8.84. The van der Waals surface area contributed by atoms with Crippen molar-refractivity contribution < 1.29 is 9.15 Å². The van der Waals surface area contributed by atoms with E-state index in [1.165, 1.54) is 51.4 Å². The SMILES string of the molecule is [SiH3]c1occc1OC(C1CCCC1)C1CCCC1. The van der Waals surface area contributed by atoms with E-state index in [2.05, 4.69) is 0 Å². The van der Waals surface area contributed by atoms with Crippen LogP contribution in [0.25, 0.3) is 0 Å². The van der Waals surface area contributed by atoms with E-state index in [0.717, 1.165) is 33.2 Å². The van der Waals surface area contributed by atoms with Gasteiger partial charge in [0.2, 0.25) is 0 Å². The van der Waals surface area contributed by atoms with Crippen molar-refractivity contribution in [3.63, 3.8) is 0 Å². The molecule has 18 heavy (non-hydrogen) atoms. The van der Waals surface area contributed by atoms with E-state index >= 15 is 0 Å². The summed E-state index contributed by atoms with van der Waals surface area (Å²) in [6, 6.07) is 2.01. The van der Waals surface area contributed by atoms with Crippen molar-refractivity contribution in [1.82, 2.24) is 0 Å². The molecule has 3 rings (SSSR count). The molecule has 0 amide bonds. The zero-order valence-electron chi connectivity index (χ0n) is 11.4. The van der Waals surface area contributed by atoms with E-state index in [0.29, 0.717) is 6.10 Å². The fourth-order valence-corrected chi connectivity index (χ4v) is 4.21. The molecule has 3 heteroatoms. The molecule has 1 aromatic rings. The molecular weight excluding hydrogens is 240 g/mol. The zero-order valence-corrected chi connectivity index (χ0v) is 13.4. The molecule has 2 aliphatic carbocycles. The van der Waals surface area contributed by atoms with Crippen molar-refractivity contribution in [1.29, 1.82) is 0 Å². The maximum Gasteiger partial charge on any atom is 0.154 e. The Kier molecular flexibility index (Phi) is 3.78.